The van der Waals surface area contributed by atoms with Gasteiger partial charge in [0.15, 0.2) is 0 Å². The molecule has 0 unspecified atom stereocenters. The van der Waals surface area contributed by atoms with Crippen LogP contribution in [0.1, 0.15) is 59.3 Å². The number of hydrogen-bond donors (Lipinski definition) is 2. The van der Waals surface area contributed by atoms with Gasteiger partial charge >= 0.3 is 0 Å². The highest BCUT2D eigenvalue weighted by atomic mass is 32.2. The molecule has 0 amide bonds. The van der Waals surface area contributed by atoms with Gasteiger partial charge in [-0.15, -0.1) is 0 Å². The number of aliphatic hydroxyl groups is 1. The molecule has 1 fully saturated rings. The number of allylic oxidation sites excluding steroid dienone is 1. The first-order valence-electron chi connectivity index (χ1n) is 10.2. The van der Waals surface area contributed by atoms with Crippen LogP contribution in [0.4, 0.5) is 0 Å². The Balaban J connectivity index is 1.72. The Kier molecular flexibility index (Phi) is 4.70. The Bertz CT molecular complexity index is 938. The zero-order chi connectivity index (χ0) is 20.2. The minimum Gasteiger partial charge on any atom is -0.385 e. The second kappa shape index (κ2) is 6.70. The molecule has 152 valence electrons. The summed E-state index contributed by atoms with van der Waals surface area (Å²) in [5, 5.41) is 16.0. The van der Waals surface area contributed by atoms with Crippen molar-refractivity contribution in [3.63, 3.8) is 0 Å². The maximum Gasteiger partial charge on any atom is 0.276 e. The SMILES string of the molecule is C[C@@H]1C[C@]2(C)CC3=C(C(=NNS(=O)(=O)c4ccccc4)C[C@H](C)C3)[C@@](O)(C1)C2. The third-order valence-corrected chi connectivity index (χ3v) is 7.71. The van der Waals surface area contributed by atoms with E-state index in [1.54, 1.807) is 30.3 Å². The van der Waals surface area contributed by atoms with Crippen molar-refractivity contribution in [3.05, 3.63) is 41.5 Å². The van der Waals surface area contributed by atoms with Crippen LogP contribution >= 0.6 is 0 Å². The van der Waals surface area contributed by atoms with E-state index in [0.717, 1.165) is 37.7 Å². The van der Waals surface area contributed by atoms with E-state index in [9.17, 15) is 13.5 Å². The number of benzene rings is 1. The summed E-state index contributed by atoms with van der Waals surface area (Å²) < 4.78 is 25.2. The van der Waals surface area contributed by atoms with E-state index in [0.29, 0.717) is 24.0 Å². The highest BCUT2D eigenvalue weighted by Crippen LogP contribution is 2.57. The van der Waals surface area contributed by atoms with E-state index in [2.05, 4.69) is 30.7 Å². The molecule has 0 heterocycles. The average Bonchev–Trinajstić information content (AvgIpc) is 2.58. The number of sulfonamides is 1. The predicted molar refractivity (Wildman–Crippen MR) is 110 cm³/mol. The maximum atomic E-state index is 12.6. The molecule has 0 aromatic heterocycles. The summed E-state index contributed by atoms with van der Waals surface area (Å²) in [7, 11) is -3.72. The summed E-state index contributed by atoms with van der Waals surface area (Å²) in [5.74, 6) is 0.835. The van der Waals surface area contributed by atoms with Crippen molar-refractivity contribution in [1.82, 2.24) is 4.83 Å². The second-order valence-electron chi connectivity index (χ2n) is 9.67. The van der Waals surface area contributed by atoms with Crippen LogP contribution < -0.4 is 4.83 Å². The Morgan fingerprint density at radius 2 is 1.82 bits per heavy atom. The highest BCUT2D eigenvalue weighted by Gasteiger charge is 2.52. The van der Waals surface area contributed by atoms with Gasteiger partial charge in [-0.2, -0.15) is 18.4 Å². The minimum absolute atomic E-state index is 0.122. The van der Waals surface area contributed by atoms with Crippen LogP contribution in [0.15, 0.2) is 51.5 Å². The van der Waals surface area contributed by atoms with Gasteiger partial charge in [0.2, 0.25) is 0 Å². The molecule has 4 rings (SSSR count). The van der Waals surface area contributed by atoms with Gasteiger partial charge in [-0.1, -0.05) is 44.5 Å². The van der Waals surface area contributed by atoms with Gasteiger partial charge in [-0.05, 0) is 67.9 Å². The molecular formula is C22H30N2O3S. The molecule has 2 bridgehead atoms. The standard InChI is InChI=1S/C22H30N2O3S/c1-15-9-17-13-21(3)11-16(2)12-22(25,14-21)20(17)19(10-15)23-24-28(26,27)18-7-5-4-6-8-18/h4-8,15-16,24-25H,9-14H2,1-3H3/t15-,16-,21-,22-/m1/s1. The molecule has 0 radical (unpaired) electrons. The van der Waals surface area contributed by atoms with Crippen LogP contribution in [0.2, 0.25) is 0 Å². The first kappa shape index (κ1) is 19.6. The lowest BCUT2D eigenvalue weighted by molar-refractivity contribution is -0.0449. The smallest absolute Gasteiger partial charge is 0.276 e. The molecule has 0 saturated heterocycles. The lowest BCUT2D eigenvalue weighted by Gasteiger charge is -2.54. The molecular weight excluding hydrogens is 372 g/mol. The van der Waals surface area contributed by atoms with Crippen LogP contribution in [-0.4, -0.2) is 24.8 Å². The van der Waals surface area contributed by atoms with E-state index in [4.69, 9.17) is 0 Å². The van der Waals surface area contributed by atoms with E-state index >= 15 is 0 Å². The number of nitrogens with zero attached hydrogens (tertiary/aromatic N) is 1. The lowest BCUT2D eigenvalue weighted by atomic mass is 9.54. The highest BCUT2D eigenvalue weighted by molar-refractivity contribution is 7.89. The van der Waals surface area contributed by atoms with Crippen molar-refractivity contribution in [2.24, 2.45) is 22.4 Å². The Morgan fingerprint density at radius 1 is 1.11 bits per heavy atom. The number of fused-ring (bicyclic) bond motifs is 3. The summed E-state index contributed by atoms with van der Waals surface area (Å²) in [6.07, 6.45) is 5.22. The molecule has 1 aromatic carbocycles. The number of hydrogen-bond acceptors (Lipinski definition) is 4. The monoisotopic (exact) mass is 402 g/mol. The van der Waals surface area contributed by atoms with Crippen LogP contribution in [-0.2, 0) is 10.0 Å². The quantitative estimate of drug-likeness (QED) is 0.750. The first-order valence-corrected chi connectivity index (χ1v) is 11.7. The van der Waals surface area contributed by atoms with E-state index in [1.165, 1.54) is 5.57 Å². The zero-order valence-electron chi connectivity index (χ0n) is 16.9. The molecule has 0 aliphatic heterocycles. The van der Waals surface area contributed by atoms with E-state index < -0.39 is 15.6 Å². The average molecular weight is 403 g/mol. The summed E-state index contributed by atoms with van der Waals surface area (Å²) in [6, 6.07) is 8.28. The third-order valence-electron chi connectivity index (χ3n) is 6.49. The van der Waals surface area contributed by atoms with Gasteiger partial charge < -0.3 is 5.11 Å². The fourth-order valence-corrected chi connectivity index (χ4v) is 6.89. The molecule has 2 N–H and O–H groups in total. The largest absolute Gasteiger partial charge is 0.385 e. The van der Waals surface area contributed by atoms with Crippen molar-refractivity contribution in [1.29, 1.82) is 0 Å². The Morgan fingerprint density at radius 3 is 2.54 bits per heavy atom. The number of hydrazone groups is 1. The second-order valence-corrected chi connectivity index (χ2v) is 11.3. The van der Waals surface area contributed by atoms with Crippen LogP contribution in [0.5, 0.6) is 0 Å². The van der Waals surface area contributed by atoms with E-state index in [1.807, 2.05) is 0 Å². The maximum absolute atomic E-state index is 12.6. The third kappa shape index (κ3) is 3.52. The van der Waals surface area contributed by atoms with Gasteiger partial charge in [0.1, 0.15) is 0 Å². The van der Waals surface area contributed by atoms with Gasteiger partial charge in [0.25, 0.3) is 10.0 Å². The fourth-order valence-electron chi connectivity index (χ4n) is 6.04. The minimum atomic E-state index is -3.72. The Labute approximate surface area is 168 Å². The van der Waals surface area contributed by atoms with Crippen molar-refractivity contribution in [3.8, 4) is 0 Å². The van der Waals surface area contributed by atoms with Gasteiger partial charge in [-0.3, -0.25) is 0 Å². The normalized spacial score (nSPS) is 36.9. The molecule has 28 heavy (non-hydrogen) atoms. The van der Waals surface area contributed by atoms with E-state index in [-0.39, 0.29) is 10.3 Å². The zero-order valence-corrected chi connectivity index (χ0v) is 17.7. The molecule has 6 heteroatoms. The number of nitrogens with one attached hydrogen (secondary N) is 1. The molecule has 3 aliphatic rings. The summed E-state index contributed by atoms with van der Waals surface area (Å²) in [6.45, 7) is 6.66. The van der Waals surface area contributed by atoms with Crippen LogP contribution in [0, 0.1) is 17.3 Å². The predicted octanol–water partition coefficient (Wildman–Crippen LogP) is 4.01. The molecule has 0 spiro atoms. The summed E-state index contributed by atoms with van der Waals surface area (Å²) in [4.78, 5) is 2.62. The molecule has 5 nitrogen and oxygen atoms in total. The topological polar surface area (TPSA) is 78.8 Å². The van der Waals surface area contributed by atoms with Crippen molar-refractivity contribution < 1.29 is 13.5 Å². The molecule has 1 aromatic rings. The van der Waals surface area contributed by atoms with Gasteiger partial charge in [-0.25, -0.2) is 0 Å². The van der Waals surface area contributed by atoms with Crippen molar-refractivity contribution >= 4 is 15.7 Å². The van der Waals surface area contributed by atoms with Gasteiger partial charge in [0, 0.05) is 5.57 Å². The lowest BCUT2D eigenvalue weighted by Crippen LogP contribution is -2.51. The molecule has 1 saturated carbocycles. The summed E-state index contributed by atoms with van der Waals surface area (Å²) in [5.41, 5.74) is 2.14. The summed E-state index contributed by atoms with van der Waals surface area (Å²) >= 11 is 0. The first-order chi connectivity index (χ1) is 13.1. The Hall–Kier alpha value is -1.66. The van der Waals surface area contributed by atoms with Crippen LogP contribution in [0.25, 0.3) is 0 Å². The van der Waals surface area contributed by atoms with Gasteiger partial charge in [0.05, 0.1) is 16.2 Å². The number of rotatable bonds is 3. The molecule has 4 atom stereocenters. The molecule has 3 aliphatic carbocycles. The van der Waals surface area contributed by atoms with Crippen molar-refractivity contribution in [2.45, 2.75) is 69.8 Å². The van der Waals surface area contributed by atoms with Crippen molar-refractivity contribution in [2.75, 3.05) is 0 Å². The fraction of sp³-hybridized carbons (Fsp3) is 0.591. The van der Waals surface area contributed by atoms with Crippen LogP contribution in [0.3, 0.4) is 0 Å².